The lowest BCUT2D eigenvalue weighted by Gasteiger charge is -2.20. The van der Waals surface area contributed by atoms with E-state index in [0.717, 1.165) is 18.0 Å². The van der Waals surface area contributed by atoms with Crippen molar-refractivity contribution < 1.29 is 0 Å². The summed E-state index contributed by atoms with van der Waals surface area (Å²) in [5.74, 6) is 1.01. The Morgan fingerprint density at radius 2 is 2.00 bits per heavy atom. The summed E-state index contributed by atoms with van der Waals surface area (Å²) in [4.78, 5) is 2.53. The quantitative estimate of drug-likeness (QED) is 0.635. The lowest BCUT2D eigenvalue weighted by molar-refractivity contribution is 0.273. The van der Waals surface area contributed by atoms with Crippen molar-refractivity contribution in [3.63, 3.8) is 0 Å². The topological polar surface area (TPSA) is 53.1 Å². The van der Waals surface area contributed by atoms with Gasteiger partial charge in [-0.3, -0.25) is 10.3 Å². The molecule has 0 amide bonds. The zero-order valence-electron chi connectivity index (χ0n) is 11.2. The maximum atomic E-state index is 7.38. The number of rotatable bonds is 3. The molecule has 0 aromatic heterocycles. The summed E-state index contributed by atoms with van der Waals surface area (Å²) in [7, 11) is 0. The number of nitrogen functional groups attached to an aromatic ring is 1. The highest BCUT2D eigenvalue weighted by atomic mass is 15.1. The van der Waals surface area contributed by atoms with Crippen LogP contribution in [-0.4, -0.2) is 23.8 Å². The van der Waals surface area contributed by atoms with Crippen LogP contribution in [0.15, 0.2) is 24.3 Å². The van der Waals surface area contributed by atoms with Crippen LogP contribution in [0.5, 0.6) is 0 Å². The van der Waals surface area contributed by atoms with Crippen molar-refractivity contribution in [1.82, 2.24) is 4.90 Å². The largest absolute Gasteiger partial charge is 0.384 e. The normalized spacial score (nSPS) is 21.5. The predicted octanol–water partition coefficient (Wildman–Crippen LogP) is 2.59. The molecule has 18 heavy (non-hydrogen) atoms. The Hall–Kier alpha value is -1.35. The lowest BCUT2D eigenvalue weighted by Crippen LogP contribution is -2.24. The molecular weight excluding hydrogens is 222 g/mol. The first-order valence-corrected chi connectivity index (χ1v) is 6.81. The van der Waals surface area contributed by atoms with Crippen LogP contribution in [0.1, 0.15) is 37.3 Å². The van der Waals surface area contributed by atoms with Crippen LogP contribution in [0.4, 0.5) is 0 Å². The summed E-state index contributed by atoms with van der Waals surface area (Å²) >= 11 is 0. The van der Waals surface area contributed by atoms with Crippen LogP contribution in [-0.2, 0) is 6.54 Å². The summed E-state index contributed by atoms with van der Waals surface area (Å²) in [6.07, 6.45) is 3.98. The Labute approximate surface area is 109 Å². The van der Waals surface area contributed by atoms with E-state index < -0.39 is 0 Å². The van der Waals surface area contributed by atoms with Crippen molar-refractivity contribution in [2.75, 3.05) is 13.1 Å². The lowest BCUT2D eigenvalue weighted by atomic mass is 10.0. The van der Waals surface area contributed by atoms with Gasteiger partial charge in [0.05, 0.1) is 0 Å². The number of nitrogens with one attached hydrogen (secondary N) is 1. The zero-order chi connectivity index (χ0) is 13.0. The molecule has 1 unspecified atom stereocenters. The van der Waals surface area contributed by atoms with Gasteiger partial charge in [0.15, 0.2) is 0 Å². The molecule has 2 rings (SSSR count). The molecule has 1 aromatic carbocycles. The maximum absolute atomic E-state index is 7.38. The molecule has 1 aromatic rings. The molecule has 98 valence electrons. The Morgan fingerprint density at radius 3 is 2.67 bits per heavy atom. The third kappa shape index (κ3) is 3.57. The molecule has 1 atom stereocenters. The molecule has 0 radical (unpaired) electrons. The van der Waals surface area contributed by atoms with E-state index >= 15 is 0 Å². The molecular formula is C15H23N3. The molecule has 1 saturated heterocycles. The molecule has 1 fully saturated rings. The number of hydrogen-bond acceptors (Lipinski definition) is 2. The number of amidine groups is 1. The second kappa shape index (κ2) is 6.01. The zero-order valence-corrected chi connectivity index (χ0v) is 11.2. The van der Waals surface area contributed by atoms with Crippen molar-refractivity contribution >= 4 is 5.84 Å². The number of hydrogen-bond donors (Lipinski definition) is 2. The molecule has 3 heteroatoms. The van der Waals surface area contributed by atoms with E-state index in [4.69, 9.17) is 11.1 Å². The highest BCUT2D eigenvalue weighted by Gasteiger charge is 2.13. The van der Waals surface area contributed by atoms with Crippen molar-refractivity contribution in [2.45, 2.75) is 32.7 Å². The minimum Gasteiger partial charge on any atom is -0.384 e. The molecule has 1 aliphatic rings. The molecule has 3 nitrogen and oxygen atoms in total. The minimum absolute atomic E-state index is 0.144. The molecule has 0 spiro atoms. The monoisotopic (exact) mass is 245 g/mol. The Kier molecular flexibility index (Phi) is 4.37. The van der Waals surface area contributed by atoms with E-state index in [1.807, 2.05) is 12.1 Å². The highest BCUT2D eigenvalue weighted by Crippen LogP contribution is 2.18. The number of likely N-dealkylation sites (tertiary alicyclic amines) is 1. The van der Waals surface area contributed by atoms with Gasteiger partial charge in [0.1, 0.15) is 5.84 Å². The Balaban J connectivity index is 1.94. The number of nitrogens with two attached hydrogens (primary N) is 1. The van der Waals surface area contributed by atoms with E-state index in [-0.39, 0.29) is 5.84 Å². The summed E-state index contributed by atoms with van der Waals surface area (Å²) < 4.78 is 0. The second-order valence-electron chi connectivity index (χ2n) is 5.42. The first kappa shape index (κ1) is 13.1. The fraction of sp³-hybridized carbons (Fsp3) is 0.533. The summed E-state index contributed by atoms with van der Waals surface area (Å²) in [6.45, 7) is 5.78. The van der Waals surface area contributed by atoms with E-state index in [0.29, 0.717) is 0 Å². The van der Waals surface area contributed by atoms with Crippen molar-refractivity contribution in [2.24, 2.45) is 11.7 Å². The number of benzene rings is 1. The van der Waals surface area contributed by atoms with Gasteiger partial charge < -0.3 is 5.73 Å². The van der Waals surface area contributed by atoms with Gasteiger partial charge in [-0.2, -0.15) is 0 Å². The predicted molar refractivity (Wildman–Crippen MR) is 75.8 cm³/mol. The third-order valence-electron chi connectivity index (χ3n) is 3.78. The van der Waals surface area contributed by atoms with Gasteiger partial charge in [0.25, 0.3) is 0 Å². The average molecular weight is 245 g/mol. The Morgan fingerprint density at radius 1 is 1.28 bits per heavy atom. The van der Waals surface area contributed by atoms with Gasteiger partial charge in [-0.1, -0.05) is 31.2 Å². The van der Waals surface area contributed by atoms with Crippen LogP contribution in [0.3, 0.4) is 0 Å². The first-order valence-electron chi connectivity index (χ1n) is 6.81. The van der Waals surface area contributed by atoms with Crippen molar-refractivity contribution in [3.05, 3.63) is 35.4 Å². The third-order valence-corrected chi connectivity index (χ3v) is 3.78. The van der Waals surface area contributed by atoms with Crippen LogP contribution in [0.2, 0.25) is 0 Å². The molecule has 3 N–H and O–H groups in total. The van der Waals surface area contributed by atoms with Gasteiger partial charge in [-0.05, 0) is 43.8 Å². The van der Waals surface area contributed by atoms with Gasteiger partial charge in [0, 0.05) is 12.1 Å². The standard InChI is InChI=1S/C15H23N3/c1-12-3-2-9-18(10-8-12)11-13-4-6-14(7-5-13)15(16)17/h4-7,12H,2-3,8-11H2,1H3,(H3,16,17). The fourth-order valence-corrected chi connectivity index (χ4v) is 2.53. The minimum atomic E-state index is 0.144. The molecule has 0 saturated carbocycles. The first-order chi connectivity index (χ1) is 8.65. The smallest absolute Gasteiger partial charge is 0.122 e. The summed E-state index contributed by atoms with van der Waals surface area (Å²) in [6, 6.07) is 8.06. The average Bonchev–Trinajstić information content (AvgIpc) is 2.55. The Bertz CT molecular complexity index is 397. The molecule has 0 aliphatic carbocycles. The van der Waals surface area contributed by atoms with Crippen LogP contribution in [0, 0.1) is 11.3 Å². The molecule has 1 aliphatic heterocycles. The van der Waals surface area contributed by atoms with Gasteiger partial charge in [-0.25, -0.2) is 0 Å². The maximum Gasteiger partial charge on any atom is 0.122 e. The second-order valence-corrected chi connectivity index (χ2v) is 5.42. The molecule has 0 bridgehead atoms. The van der Waals surface area contributed by atoms with Crippen molar-refractivity contribution in [3.8, 4) is 0 Å². The van der Waals surface area contributed by atoms with Gasteiger partial charge >= 0.3 is 0 Å². The SMILES string of the molecule is CC1CCCN(Cc2ccc(C(=N)N)cc2)CC1. The van der Waals surface area contributed by atoms with Crippen LogP contribution < -0.4 is 5.73 Å². The van der Waals surface area contributed by atoms with Crippen molar-refractivity contribution in [1.29, 1.82) is 5.41 Å². The summed E-state index contributed by atoms with van der Waals surface area (Å²) in [5.41, 5.74) is 7.58. The van der Waals surface area contributed by atoms with E-state index in [2.05, 4.69) is 24.0 Å². The van der Waals surface area contributed by atoms with Gasteiger partial charge in [-0.15, -0.1) is 0 Å². The van der Waals surface area contributed by atoms with E-state index in [1.54, 1.807) is 0 Å². The van der Waals surface area contributed by atoms with E-state index in [1.165, 1.54) is 37.9 Å². The van der Waals surface area contributed by atoms with Gasteiger partial charge in [0.2, 0.25) is 0 Å². The van der Waals surface area contributed by atoms with E-state index in [9.17, 15) is 0 Å². The van der Waals surface area contributed by atoms with Crippen LogP contribution in [0.25, 0.3) is 0 Å². The highest BCUT2D eigenvalue weighted by molar-refractivity contribution is 5.94. The number of nitrogens with zero attached hydrogens (tertiary/aromatic N) is 1. The van der Waals surface area contributed by atoms with Crippen LogP contribution >= 0.6 is 0 Å². The summed E-state index contributed by atoms with van der Waals surface area (Å²) in [5, 5.41) is 7.38. The molecule has 1 heterocycles. The fourth-order valence-electron chi connectivity index (χ4n) is 2.53.